The zero-order valence-corrected chi connectivity index (χ0v) is 7.83. The van der Waals surface area contributed by atoms with Crippen LogP contribution in [0.25, 0.3) is 1.43 Å². The van der Waals surface area contributed by atoms with Gasteiger partial charge >= 0.3 is 12.1 Å². The molecule has 0 saturated carbocycles. The summed E-state index contributed by atoms with van der Waals surface area (Å²) in [5.74, 6) is -0.410. The SMILES string of the molecule is [3H]OC(=O)NCCOC(=O)C(C)CC. The van der Waals surface area contributed by atoms with Gasteiger partial charge in [0.2, 0.25) is 0 Å². The Kier molecular flexibility index (Phi) is 4.74. The first kappa shape index (κ1) is 9.83. The Balaban J connectivity index is 3.45. The quantitative estimate of drug-likeness (QED) is 0.499. The summed E-state index contributed by atoms with van der Waals surface area (Å²) in [6, 6.07) is 0. The van der Waals surface area contributed by atoms with Crippen molar-refractivity contribution in [3.63, 3.8) is 0 Å². The molecule has 0 aromatic heterocycles. The summed E-state index contributed by atoms with van der Waals surface area (Å²) >= 11 is 0. The minimum absolute atomic E-state index is 0.0955. The maximum Gasteiger partial charge on any atom is 0.404 e. The van der Waals surface area contributed by atoms with Gasteiger partial charge in [-0.2, -0.15) is 0 Å². The lowest BCUT2D eigenvalue weighted by atomic mass is 10.1. The average Bonchev–Trinajstić information content (AvgIpc) is 2.22. The minimum Gasteiger partial charge on any atom is -0.465 e. The Labute approximate surface area is 78.6 Å². The van der Waals surface area contributed by atoms with Gasteiger partial charge in [0.05, 0.1) is 12.5 Å². The van der Waals surface area contributed by atoms with Gasteiger partial charge < -0.3 is 15.2 Å². The first-order valence-corrected chi connectivity index (χ1v) is 4.19. The highest BCUT2D eigenvalue weighted by molar-refractivity contribution is 5.71. The molecule has 0 spiro atoms. The van der Waals surface area contributed by atoms with E-state index in [-0.39, 0.29) is 25.0 Å². The topological polar surface area (TPSA) is 75.6 Å². The van der Waals surface area contributed by atoms with Crippen LogP contribution in [0.5, 0.6) is 0 Å². The fraction of sp³-hybridized carbons (Fsp3) is 0.750. The molecule has 1 unspecified atom stereocenters. The van der Waals surface area contributed by atoms with Crippen LogP contribution in [0, 0.1) is 5.92 Å². The lowest BCUT2D eigenvalue weighted by molar-refractivity contribution is -0.147. The molecule has 76 valence electrons. The number of carbonyl (C=O) groups excluding carboxylic acids is 1. The molecule has 0 aliphatic rings. The molecule has 5 heteroatoms. The molecule has 0 bridgehead atoms. The van der Waals surface area contributed by atoms with Gasteiger partial charge in [0.15, 0.2) is 0 Å². The Bertz CT molecular complexity index is 198. The lowest BCUT2D eigenvalue weighted by Gasteiger charge is -2.08. The highest BCUT2D eigenvalue weighted by atomic mass is 16.5. The van der Waals surface area contributed by atoms with Crippen molar-refractivity contribution in [1.29, 1.82) is 1.43 Å². The molecule has 0 fully saturated rings. The van der Waals surface area contributed by atoms with E-state index in [1.807, 2.05) is 6.92 Å². The van der Waals surface area contributed by atoms with Crippen molar-refractivity contribution in [1.82, 2.24) is 5.32 Å². The van der Waals surface area contributed by atoms with Gasteiger partial charge in [-0.1, -0.05) is 13.8 Å². The van der Waals surface area contributed by atoms with Crippen LogP contribution in [-0.2, 0) is 9.53 Å². The molecule has 5 nitrogen and oxygen atoms in total. The van der Waals surface area contributed by atoms with Crippen molar-refractivity contribution in [2.75, 3.05) is 13.2 Å². The number of ether oxygens (including phenoxy) is 1. The smallest absolute Gasteiger partial charge is 0.404 e. The van der Waals surface area contributed by atoms with Gasteiger partial charge in [-0.05, 0) is 6.42 Å². The predicted octanol–water partition coefficient (Wildman–Crippen LogP) is 0.843. The Morgan fingerprint density at radius 2 is 2.38 bits per heavy atom. The summed E-state index contributed by atoms with van der Waals surface area (Å²) in [4.78, 5) is 21.5. The van der Waals surface area contributed by atoms with Crippen LogP contribution in [0.4, 0.5) is 4.79 Å². The fourth-order valence-corrected chi connectivity index (χ4v) is 0.614. The molecule has 0 aromatic rings. The third kappa shape index (κ3) is 5.95. The highest BCUT2D eigenvalue weighted by Gasteiger charge is 2.11. The Morgan fingerprint density at radius 3 is 2.92 bits per heavy atom. The molecule has 0 heterocycles. The molecule has 0 saturated heterocycles. The number of hydrogen-bond acceptors (Lipinski definition) is 4. The normalized spacial score (nSPS) is 12.6. The van der Waals surface area contributed by atoms with Gasteiger partial charge in [0.25, 0.3) is 1.43 Å². The summed E-state index contributed by atoms with van der Waals surface area (Å²) in [5.41, 5.74) is 0. The number of carbonyl (C=O) groups is 2. The van der Waals surface area contributed by atoms with Crippen molar-refractivity contribution in [2.24, 2.45) is 5.92 Å². The van der Waals surface area contributed by atoms with E-state index in [0.717, 1.165) is 6.42 Å². The number of nitrogens with one attached hydrogen (secondary N) is 1. The van der Waals surface area contributed by atoms with E-state index in [0.29, 0.717) is 0 Å². The average molecular weight is 191 g/mol. The second-order valence-corrected chi connectivity index (χ2v) is 2.69. The highest BCUT2D eigenvalue weighted by Crippen LogP contribution is 2.02. The number of hydrogen-bond donors (Lipinski definition) is 2. The van der Waals surface area contributed by atoms with E-state index in [2.05, 4.69) is 10.4 Å². The summed E-state index contributed by atoms with van der Waals surface area (Å²) in [7, 11) is 0. The second-order valence-electron chi connectivity index (χ2n) is 2.69. The molecule has 0 aliphatic carbocycles. The van der Waals surface area contributed by atoms with Crippen LogP contribution < -0.4 is 5.32 Å². The minimum atomic E-state index is -0.857. The summed E-state index contributed by atoms with van der Waals surface area (Å²) < 4.78 is 11.0. The van der Waals surface area contributed by atoms with E-state index in [1.54, 1.807) is 6.92 Å². The molecule has 0 aromatic carbocycles. The maximum absolute atomic E-state index is 11.1. The van der Waals surface area contributed by atoms with Crippen LogP contribution in [0.1, 0.15) is 20.3 Å². The Morgan fingerprint density at radius 1 is 1.69 bits per heavy atom. The fourth-order valence-electron chi connectivity index (χ4n) is 0.614. The zero-order valence-electron chi connectivity index (χ0n) is 8.83. The standard InChI is InChI=1S/C8H15NO4/c1-3-6(2)7(10)13-5-4-9-8(11)12/h6,9H,3-5H2,1-2H3,(H,11,12)/i/hT. The first-order valence-electron chi connectivity index (χ1n) is 4.60. The van der Waals surface area contributed by atoms with Gasteiger partial charge in [-0.3, -0.25) is 4.79 Å². The number of esters is 1. The molecule has 2 N–H and O–H groups in total. The van der Waals surface area contributed by atoms with E-state index >= 15 is 0 Å². The van der Waals surface area contributed by atoms with E-state index < -0.39 is 6.09 Å². The van der Waals surface area contributed by atoms with Crippen LogP contribution in [0.3, 0.4) is 0 Å². The number of rotatable bonds is 5. The van der Waals surface area contributed by atoms with Gasteiger partial charge in [0.1, 0.15) is 6.61 Å². The predicted molar refractivity (Wildman–Crippen MR) is 46.4 cm³/mol. The van der Waals surface area contributed by atoms with Crippen molar-refractivity contribution < 1.29 is 19.4 Å². The molecular weight excluding hydrogens is 174 g/mol. The summed E-state index contributed by atoms with van der Waals surface area (Å²) in [5, 5.41) is 5.80. The van der Waals surface area contributed by atoms with Crippen molar-refractivity contribution >= 4 is 12.1 Å². The largest absolute Gasteiger partial charge is 0.465 e. The van der Waals surface area contributed by atoms with Crippen LogP contribution >= 0.6 is 0 Å². The van der Waals surface area contributed by atoms with E-state index in [4.69, 9.17) is 6.17 Å². The molecule has 13 heavy (non-hydrogen) atoms. The van der Waals surface area contributed by atoms with E-state index in [9.17, 15) is 9.59 Å². The van der Waals surface area contributed by atoms with Crippen LogP contribution in [0.2, 0.25) is 0 Å². The van der Waals surface area contributed by atoms with Crippen molar-refractivity contribution in [3.05, 3.63) is 0 Å². The number of carboxylic acid groups (broad SMARTS) is 1. The monoisotopic (exact) mass is 191 g/mol. The van der Waals surface area contributed by atoms with Crippen LogP contribution in [0.15, 0.2) is 0 Å². The molecule has 0 aliphatic heterocycles. The zero-order chi connectivity index (χ0) is 11.0. The second kappa shape index (κ2) is 6.28. The molecule has 0 radical (unpaired) electrons. The van der Waals surface area contributed by atoms with Gasteiger partial charge in [-0.15, -0.1) is 0 Å². The molecule has 1 atom stereocenters. The first-order chi connectivity index (χ1) is 6.61. The van der Waals surface area contributed by atoms with Gasteiger partial charge in [0, 0.05) is 0 Å². The maximum atomic E-state index is 11.1. The van der Waals surface area contributed by atoms with Crippen molar-refractivity contribution in [2.45, 2.75) is 20.3 Å². The third-order valence-corrected chi connectivity index (χ3v) is 1.63. The molecule has 0 rings (SSSR count). The summed E-state index contributed by atoms with van der Waals surface area (Å²) in [6.45, 7) is 3.91. The molecule has 1 amide bonds. The molecular formula is C8H15NO4. The third-order valence-electron chi connectivity index (χ3n) is 1.63. The van der Waals surface area contributed by atoms with Gasteiger partial charge in [-0.25, -0.2) is 4.79 Å². The van der Waals surface area contributed by atoms with Crippen LogP contribution in [-0.4, -0.2) is 30.3 Å². The van der Waals surface area contributed by atoms with E-state index in [1.165, 1.54) is 0 Å². The Hall–Kier alpha value is -1.26. The number of amides is 1. The summed E-state index contributed by atoms with van der Waals surface area (Å²) in [6.07, 6.45) is -0.134. The lowest BCUT2D eigenvalue weighted by Crippen LogP contribution is -2.27. The van der Waals surface area contributed by atoms with Crippen molar-refractivity contribution in [3.8, 4) is 0 Å².